The Kier molecular flexibility index (Phi) is 1.17. The van der Waals surface area contributed by atoms with Crippen molar-refractivity contribution in [3.63, 3.8) is 0 Å². The average molecular weight is 137 g/mol. The predicted molar refractivity (Wildman–Crippen MR) is 38.7 cm³/mol. The molecule has 2 aliphatic rings. The van der Waals surface area contributed by atoms with Crippen molar-refractivity contribution in [2.45, 2.75) is 12.8 Å². The van der Waals surface area contributed by atoms with E-state index in [1.54, 1.807) is 6.08 Å². The van der Waals surface area contributed by atoms with Crippen molar-refractivity contribution in [2.24, 2.45) is 5.41 Å². The van der Waals surface area contributed by atoms with E-state index < -0.39 is 0 Å². The largest absolute Gasteiger partial charge is 0.315 e. The molecule has 2 rings (SSSR count). The first-order valence-corrected chi connectivity index (χ1v) is 3.69. The highest BCUT2D eigenvalue weighted by Crippen LogP contribution is 2.47. The lowest BCUT2D eigenvalue weighted by Gasteiger charge is -2.51. The van der Waals surface area contributed by atoms with Crippen LogP contribution in [0.25, 0.3) is 0 Å². The zero-order valence-corrected chi connectivity index (χ0v) is 5.89. The highest BCUT2D eigenvalue weighted by atomic mass is 16.1. The second-order valence-electron chi connectivity index (χ2n) is 3.42. The van der Waals surface area contributed by atoms with Crippen LogP contribution in [0.4, 0.5) is 0 Å². The van der Waals surface area contributed by atoms with Crippen LogP contribution >= 0.6 is 0 Å². The molecule has 54 valence electrons. The molecule has 10 heavy (non-hydrogen) atoms. The van der Waals surface area contributed by atoms with E-state index in [0.29, 0.717) is 5.41 Å². The van der Waals surface area contributed by atoms with Gasteiger partial charge in [-0.25, -0.2) is 0 Å². The van der Waals surface area contributed by atoms with Gasteiger partial charge in [0.2, 0.25) is 0 Å². The standard InChI is InChI=1S/C8H11NO/c10-2-1-7-3-8(4-7)5-9-6-8/h1-2,9H,3-6H2. The first kappa shape index (κ1) is 6.10. The maximum Gasteiger partial charge on any atom is 0.142 e. The van der Waals surface area contributed by atoms with Crippen LogP contribution in [0, 0.1) is 5.41 Å². The Bertz CT molecular complexity index is 181. The fourth-order valence-corrected chi connectivity index (χ4v) is 1.85. The number of aldehydes is 1. The fourth-order valence-electron chi connectivity index (χ4n) is 1.85. The SMILES string of the molecule is O=CC=C1CC2(CNC2)C1. The molecular formula is C8H11NO. The van der Waals surface area contributed by atoms with E-state index in [9.17, 15) is 4.79 Å². The molecule has 0 radical (unpaired) electrons. The lowest BCUT2D eigenvalue weighted by molar-refractivity contribution is -0.104. The van der Waals surface area contributed by atoms with Crippen LogP contribution in [0.15, 0.2) is 11.6 Å². The molecule has 2 fully saturated rings. The van der Waals surface area contributed by atoms with Gasteiger partial charge in [0, 0.05) is 18.5 Å². The molecule has 1 N–H and O–H groups in total. The summed E-state index contributed by atoms with van der Waals surface area (Å²) in [5.41, 5.74) is 1.91. The minimum absolute atomic E-state index is 0.578. The first-order valence-electron chi connectivity index (χ1n) is 3.69. The summed E-state index contributed by atoms with van der Waals surface area (Å²) in [6, 6.07) is 0. The van der Waals surface area contributed by atoms with Crippen molar-refractivity contribution >= 4 is 6.29 Å². The quantitative estimate of drug-likeness (QED) is 0.421. The highest BCUT2D eigenvalue weighted by molar-refractivity contribution is 5.66. The zero-order valence-electron chi connectivity index (χ0n) is 5.89. The number of rotatable bonds is 1. The van der Waals surface area contributed by atoms with Gasteiger partial charge in [-0.2, -0.15) is 0 Å². The van der Waals surface area contributed by atoms with Crippen molar-refractivity contribution in [1.82, 2.24) is 5.32 Å². The molecule has 2 heteroatoms. The molecule has 0 aromatic heterocycles. The van der Waals surface area contributed by atoms with Gasteiger partial charge in [-0.05, 0) is 18.9 Å². The summed E-state index contributed by atoms with van der Waals surface area (Å²) in [4.78, 5) is 10.0. The molecule has 1 spiro atoms. The molecule has 0 amide bonds. The van der Waals surface area contributed by atoms with Crippen molar-refractivity contribution in [3.8, 4) is 0 Å². The van der Waals surface area contributed by atoms with Gasteiger partial charge in [-0.3, -0.25) is 4.79 Å². The fraction of sp³-hybridized carbons (Fsp3) is 0.625. The molecule has 0 aromatic rings. The van der Waals surface area contributed by atoms with Gasteiger partial charge in [-0.1, -0.05) is 5.57 Å². The van der Waals surface area contributed by atoms with E-state index in [0.717, 1.165) is 32.2 Å². The van der Waals surface area contributed by atoms with Gasteiger partial charge in [0.1, 0.15) is 6.29 Å². The normalized spacial score (nSPS) is 27.0. The van der Waals surface area contributed by atoms with E-state index >= 15 is 0 Å². The Morgan fingerprint density at radius 1 is 1.40 bits per heavy atom. The summed E-state index contributed by atoms with van der Waals surface area (Å²) in [7, 11) is 0. The van der Waals surface area contributed by atoms with Crippen LogP contribution in [0.1, 0.15) is 12.8 Å². The van der Waals surface area contributed by atoms with E-state index in [1.165, 1.54) is 5.57 Å². The maximum atomic E-state index is 10.0. The smallest absolute Gasteiger partial charge is 0.142 e. The van der Waals surface area contributed by atoms with E-state index in [-0.39, 0.29) is 0 Å². The molecule has 1 saturated heterocycles. The molecule has 0 bridgehead atoms. The molecular weight excluding hydrogens is 126 g/mol. The summed E-state index contributed by atoms with van der Waals surface area (Å²) >= 11 is 0. The van der Waals surface area contributed by atoms with Crippen molar-refractivity contribution < 1.29 is 4.79 Å². The van der Waals surface area contributed by atoms with Gasteiger partial charge in [0.25, 0.3) is 0 Å². The second-order valence-corrected chi connectivity index (χ2v) is 3.42. The lowest BCUT2D eigenvalue weighted by Crippen LogP contribution is -2.57. The van der Waals surface area contributed by atoms with Crippen molar-refractivity contribution in [1.29, 1.82) is 0 Å². The van der Waals surface area contributed by atoms with Gasteiger partial charge >= 0.3 is 0 Å². The highest BCUT2D eigenvalue weighted by Gasteiger charge is 2.44. The Morgan fingerprint density at radius 2 is 2.10 bits per heavy atom. The molecule has 1 aliphatic carbocycles. The van der Waals surface area contributed by atoms with E-state index in [1.807, 2.05) is 0 Å². The lowest BCUT2D eigenvalue weighted by atomic mass is 9.62. The number of nitrogens with one attached hydrogen (secondary N) is 1. The van der Waals surface area contributed by atoms with Crippen LogP contribution in [-0.4, -0.2) is 19.4 Å². The third-order valence-electron chi connectivity index (χ3n) is 2.51. The van der Waals surface area contributed by atoms with Gasteiger partial charge < -0.3 is 5.32 Å². The van der Waals surface area contributed by atoms with Gasteiger partial charge in [-0.15, -0.1) is 0 Å². The molecule has 1 aliphatic heterocycles. The maximum absolute atomic E-state index is 10.0. The minimum Gasteiger partial charge on any atom is -0.315 e. The monoisotopic (exact) mass is 137 g/mol. The third kappa shape index (κ3) is 0.721. The summed E-state index contributed by atoms with van der Waals surface area (Å²) in [6.07, 6.45) is 4.91. The minimum atomic E-state index is 0.578. The van der Waals surface area contributed by atoms with Crippen molar-refractivity contribution in [3.05, 3.63) is 11.6 Å². The number of hydrogen-bond donors (Lipinski definition) is 1. The van der Waals surface area contributed by atoms with E-state index in [4.69, 9.17) is 0 Å². The van der Waals surface area contributed by atoms with Crippen LogP contribution in [-0.2, 0) is 4.79 Å². The topological polar surface area (TPSA) is 29.1 Å². The Hall–Kier alpha value is -0.630. The number of hydrogen-bond acceptors (Lipinski definition) is 2. The van der Waals surface area contributed by atoms with Crippen LogP contribution in [0.5, 0.6) is 0 Å². The number of carbonyl (C=O) groups excluding carboxylic acids is 1. The Balaban J connectivity index is 1.93. The van der Waals surface area contributed by atoms with Gasteiger partial charge in [0.05, 0.1) is 0 Å². The molecule has 1 heterocycles. The number of carbonyl (C=O) groups is 1. The van der Waals surface area contributed by atoms with Gasteiger partial charge in [0.15, 0.2) is 0 Å². The van der Waals surface area contributed by atoms with Crippen molar-refractivity contribution in [2.75, 3.05) is 13.1 Å². The molecule has 0 atom stereocenters. The third-order valence-corrected chi connectivity index (χ3v) is 2.51. The van der Waals surface area contributed by atoms with Crippen LogP contribution < -0.4 is 5.32 Å². The second kappa shape index (κ2) is 1.92. The summed E-state index contributed by atoms with van der Waals surface area (Å²) in [6.45, 7) is 2.31. The average Bonchev–Trinajstić information content (AvgIpc) is 1.72. The Morgan fingerprint density at radius 3 is 2.50 bits per heavy atom. The summed E-state index contributed by atoms with van der Waals surface area (Å²) < 4.78 is 0. The predicted octanol–water partition coefficient (Wildman–Crippen LogP) is 0.495. The summed E-state index contributed by atoms with van der Waals surface area (Å²) in [5.74, 6) is 0. The van der Waals surface area contributed by atoms with Crippen LogP contribution in [0.2, 0.25) is 0 Å². The summed E-state index contributed by atoms with van der Waals surface area (Å²) in [5, 5.41) is 3.25. The Labute approximate surface area is 60.3 Å². The zero-order chi connectivity index (χ0) is 7.03. The van der Waals surface area contributed by atoms with Crippen LogP contribution in [0.3, 0.4) is 0 Å². The molecule has 0 unspecified atom stereocenters. The number of allylic oxidation sites excluding steroid dienone is 2. The van der Waals surface area contributed by atoms with E-state index in [2.05, 4.69) is 5.32 Å². The molecule has 0 aromatic carbocycles. The molecule has 1 saturated carbocycles. The first-order chi connectivity index (χ1) is 4.85. The molecule has 2 nitrogen and oxygen atoms in total.